The normalized spacial score (nSPS) is 10.3. The first-order valence-corrected chi connectivity index (χ1v) is 5.58. The summed E-state index contributed by atoms with van der Waals surface area (Å²) in [7, 11) is 2.05. The lowest BCUT2D eigenvalue weighted by atomic mass is 10.1. The number of aliphatic hydroxyl groups excluding tert-OH is 1. The Morgan fingerprint density at radius 3 is 2.71 bits per heavy atom. The van der Waals surface area contributed by atoms with Crippen molar-refractivity contribution in [1.29, 1.82) is 0 Å². The lowest BCUT2D eigenvalue weighted by molar-refractivity contribution is 0.282. The molecule has 0 radical (unpaired) electrons. The van der Waals surface area contributed by atoms with Crippen molar-refractivity contribution in [1.82, 2.24) is 0 Å². The number of halogens is 1. The average Bonchev–Trinajstić information content (AvgIpc) is 2.17. The molecular formula is C11H16BrNO. The molecule has 0 saturated heterocycles. The molecule has 1 aromatic carbocycles. The summed E-state index contributed by atoms with van der Waals surface area (Å²) in [5.41, 5.74) is 2.08. The zero-order chi connectivity index (χ0) is 10.6. The highest BCUT2D eigenvalue weighted by Crippen LogP contribution is 2.23. The van der Waals surface area contributed by atoms with Gasteiger partial charge in [0.15, 0.2) is 0 Å². The third-order valence-electron chi connectivity index (χ3n) is 2.18. The maximum Gasteiger partial charge on any atom is 0.0702 e. The predicted octanol–water partition coefficient (Wildman–Crippen LogP) is 2.79. The maximum absolute atomic E-state index is 9.21. The Morgan fingerprint density at radius 2 is 2.14 bits per heavy atom. The Balaban J connectivity index is 2.95. The Morgan fingerprint density at radius 1 is 1.43 bits per heavy atom. The van der Waals surface area contributed by atoms with E-state index < -0.39 is 0 Å². The summed E-state index contributed by atoms with van der Waals surface area (Å²) in [6.07, 6.45) is 1.11. The Kier molecular flexibility index (Phi) is 4.42. The molecule has 0 aliphatic heterocycles. The van der Waals surface area contributed by atoms with Crippen LogP contribution in [0.2, 0.25) is 0 Å². The van der Waals surface area contributed by atoms with Crippen LogP contribution in [0.15, 0.2) is 22.7 Å². The van der Waals surface area contributed by atoms with E-state index in [2.05, 4.69) is 27.8 Å². The van der Waals surface area contributed by atoms with E-state index in [4.69, 9.17) is 0 Å². The fourth-order valence-corrected chi connectivity index (χ4v) is 1.92. The summed E-state index contributed by atoms with van der Waals surface area (Å²) >= 11 is 3.40. The van der Waals surface area contributed by atoms with Crippen LogP contribution in [0, 0.1) is 0 Å². The van der Waals surface area contributed by atoms with Crippen LogP contribution in [-0.4, -0.2) is 18.7 Å². The van der Waals surface area contributed by atoms with Gasteiger partial charge in [0.2, 0.25) is 0 Å². The quantitative estimate of drug-likeness (QED) is 0.897. The standard InChI is InChI=1S/C11H16BrNO/c1-3-6-13(2)11-5-4-10(12)7-9(11)8-14/h4-5,7,14H,3,6,8H2,1-2H3. The summed E-state index contributed by atoms with van der Waals surface area (Å²) in [5, 5.41) is 9.21. The SMILES string of the molecule is CCCN(C)c1ccc(Br)cc1CO. The number of benzene rings is 1. The van der Waals surface area contributed by atoms with E-state index in [-0.39, 0.29) is 6.61 Å². The van der Waals surface area contributed by atoms with Gasteiger partial charge in [-0.15, -0.1) is 0 Å². The van der Waals surface area contributed by atoms with Crippen molar-refractivity contribution >= 4 is 21.6 Å². The van der Waals surface area contributed by atoms with Gasteiger partial charge in [-0.1, -0.05) is 22.9 Å². The van der Waals surface area contributed by atoms with E-state index >= 15 is 0 Å². The molecular weight excluding hydrogens is 242 g/mol. The molecule has 3 heteroatoms. The molecule has 0 atom stereocenters. The van der Waals surface area contributed by atoms with Gasteiger partial charge < -0.3 is 10.0 Å². The second-order valence-electron chi connectivity index (χ2n) is 3.35. The van der Waals surface area contributed by atoms with Crippen molar-refractivity contribution in [3.8, 4) is 0 Å². The molecule has 14 heavy (non-hydrogen) atoms. The van der Waals surface area contributed by atoms with Crippen LogP contribution >= 0.6 is 15.9 Å². The molecule has 2 nitrogen and oxygen atoms in total. The second kappa shape index (κ2) is 5.37. The van der Waals surface area contributed by atoms with Gasteiger partial charge in [0.05, 0.1) is 6.61 Å². The van der Waals surface area contributed by atoms with Gasteiger partial charge in [0.25, 0.3) is 0 Å². The first-order chi connectivity index (χ1) is 6.69. The summed E-state index contributed by atoms with van der Waals surface area (Å²) in [4.78, 5) is 2.16. The molecule has 0 saturated carbocycles. The minimum atomic E-state index is 0.0861. The van der Waals surface area contributed by atoms with Crippen LogP contribution in [0.5, 0.6) is 0 Å². The fourth-order valence-electron chi connectivity index (χ4n) is 1.51. The Hall–Kier alpha value is -0.540. The van der Waals surface area contributed by atoms with Crippen LogP contribution < -0.4 is 4.90 Å². The monoisotopic (exact) mass is 257 g/mol. The number of hydrogen-bond donors (Lipinski definition) is 1. The van der Waals surface area contributed by atoms with Gasteiger partial charge in [-0.25, -0.2) is 0 Å². The maximum atomic E-state index is 9.21. The van der Waals surface area contributed by atoms with Crippen molar-refractivity contribution in [2.24, 2.45) is 0 Å². The molecule has 0 aliphatic rings. The van der Waals surface area contributed by atoms with Crippen molar-refractivity contribution < 1.29 is 5.11 Å². The van der Waals surface area contributed by atoms with Gasteiger partial charge >= 0.3 is 0 Å². The molecule has 78 valence electrons. The highest BCUT2D eigenvalue weighted by Gasteiger charge is 2.06. The lowest BCUT2D eigenvalue weighted by Crippen LogP contribution is -2.19. The summed E-state index contributed by atoms with van der Waals surface area (Å²) in [5.74, 6) is 0. The van der Waals surface area contributed by atoms with Gasteiger partial charge in [-0.2, -0.15) is 0 Å². The molecule has 1 rings (SSSR count). The third kappa shape index (κ3) is 2.72. The number of nitrogens with zero attached hydrogens (tertiary/aromatic N) is 1. The van der Waals surface area contributed by atoms with E-state index in [0.29, 0.717) is 0 Å². The first-order valence-electron chi connectivity index (χ1n) is 4.79. The van der Waals surface area contributed by atoms with E-state index in [1.165, 1.54) is 0 Å². The van der Waals surface area contributed by atoms with Crippen molar-refractivity contribution in [3.63, 3.8) is 0 Å². The number of aliphatic hydroxyl groups is 1. The zero-order valence-corrected chi connectivity index (χ0v) is 10.2. The van der Waals surface area contributed by atoms with E-state index in [9.17, 15) is 5.11 Å². The molecule has 0 spiro atoms. The van der Waals surface area contributed by atoms with Crippen LogP contribution in [0.4, 0.5) is 5.69 Å². The van der Waals surface area contributed by atoms with Crippen molar-refractivity contribution in [2.45, 2.75) is 20.0 Å². The predicted molar refractivity (Wildman–Crippen MR) is 63.6 cm³/mol. The minimum Gasteiger partial charge on any atom is -0.392 e. The third-order valence-corrected chi connectivity index (χ3v) is 2.68. The van der Waals surface area contributed by atoms with Gasteiger partial charge in [0, 0.05) is 29.3 Å². The smallest absolute Gasteiger partial charge is 0.0702 e. The highest BCUT2D eigenvalue weighted by molar-refractivity contribution is 9.10. The van der Waals surface area contributed by atoms with Crippen LogP contribution in [0.1, 0.15) is 18.9 Å². The Labute approximate surface area is 93.7 Å². The van der Waals surface area contributed by atoms with Crippen molar-refractivity contribution in [2.75, 3.05) is 18.5 Å². The first kappa shape index (κ1) is 11.5. The molecule has 0 heterocycles. The van der Waals surface area contributed by atoms with Gasteiger partial charge in [0.1, 0.15) is 0 Å². The van der Waals surface area contributed by atoms with Crippen LogP contribution in [0.25, 0.3) is 0 Å². The summed E-state index contributed by atoms with van der Waals surface area (Å²) < 4.78 is 1.01. The average molecular weight is 258 g/mol. The van der Waals surface area contributed by atoms with Gasteiger partial charge in [-0.05, 0) is 24.6 Å². The molecule has 0 fully saturated rings. The molecule has 0 unspecified atom stereocenters. The highest BCUT2D eigenvalue weighted by atomic mass is 79.9. The number of hydrogen-bond acceptors (Lipinski definition) is 2. The largest absolute Gasteiger partial charge is 0.392 e. The minimum absolute atomic E-state index is 0.0861. The van der Waals surface area contributed by atoms with Gasteiger partial charge in [-0.3, -0.25) is 0 Å². The number of anilines is 1. The molecule has 0 amide bonds. The van der Waals surface area contributed by atoms with E-state index in [1.54, 1.807) is 0 Å². The van der Waals surface area contributed by atoms with E-state index in [1.807, 2.05) is 25.2 Å². The molecule has 0 aromatic heterocycles. The lowest BCUT2D eigenvalue weighted by Gasteiger charge is -2.21. The molecule has 0 bridgehead atoms. The van der Waals surface area contributed by atoms with Crippen LogP contribution in [-0.2, 0) is 6.61 Å². The van der Waals surface area contributed by atoms with E-state index in [0.717, 1.165) is 28.7 Å². The fraction of sp³-hybridized carbons (Fsp3) is 0.455. The second-order valence-corrected chi connectivity index (χ2v) is 4.27. The zero-order valence-electron chi connectivity index (χ0n) is 8.63. The molecule has 1 aromatic rings. The topological polar surface area (TPSA) is 23.5 Å². The Bertz CT molecular complexity index is 301. The van der Waals surface area contributed by atoms with Crippen LogP contribution in [0.3, 0.4) is 0 Å². The van der Waals surface area contributed by atoms with Crippen molar-refractivity contribution in [3.05, 3.63) is 28.2 Å². The summed E-state index contributed by atoms with van der Waals surface area (Å²) in [6.45, 7) is 3.24. The molecule has 0 aliphatic carbocycles. The summed E-state index contributed by atoms with van der Waals surface area (Å²) in [6, 6.07) is 5.99. The number of rotatable bonds is 4. The molecule has 1 N–H and O–H groups in total.